The molecule has 0 unspecified atom stereocenters. The van der Waals surface area contributed by atoms with Crippen LogP contribution >= 0.6 is 0 Å². The average Bonchev–Trinajstić information content (AvgIpc) is 2.73. The molecule has 4 aromatic heterocycles. The Labute approximate surface area is 166 Å². The highest BCUT2D eigenvalue weighted by Crippen LogP contribution is 2.17. The lowest BCUT2D eigenvalue weighted by molar-refractivity contribution is -0.319. The SMILES string of the molecule is CCNc1nc2[nH+]c3ccc(C)cn3c(=O)c2cc1C(=O)NCc1cccnc1. The molecule has 8 heteroatoms. The molecule has 4 heterocycles. The van der Waals surface area contributed by atoms with Crippen LogP contribution < -0.4 is 21.2 Å². The molecular formula is C21H21N6O2+. The number of anilines is 1. The zero-order chi connectivity index (χ0) is 20.4. The number of carbonyl (C=O) groups is 1. The molecule has 1 amide bonds. The highest BCUT2D eigenvalue weighted by atomic mass is 16.1. The van der Waals surface area contributed by atoms with E-state index < -0.39 is 0 Å². The molecule has 0 bridgehead atoms. The van der Waals surface area contributed by atoms with Crippen molar-refractivity contribution in [1.29, 1.82) is 0 Å². The van der Waals surface area contributed by atoms with Crippen LogP contribution in [0.2, 0.25) is 0 Å². The second-order valence-corrected chi connectivity index (χ2v) is 6.75. The van der Waals surface area contributed by atoms with E-state index in [1.807, 2.05) is 38.1 Å². The van der Waals surface area contributed by atoms with Crippen LogP contribution in [0.4, 0.5) is 5.82 Å². The molecule has 29 heavy (non-hydrogen) atoms. The normalized spacial score (nSPS) is 11.0. The van der Waals surface area contributed by atoms with Gasteiger partial charge in [0.15, 0.2) is 0 Å². The molecule has 4 rings (SSSR count). The fourth-order valence-corrected chi connectivity index (χ4v) is 3.16. The number of nitrogens with one attached hydrogen (secondary N) is 3. The Bertz CT molecular complexity index is 1270. The van der Waals surface area contributed by atoms with Gasteiger partial charge in [0, 0.05) is 31.5 Å². The molecule has 0 aliphatic carbocycles. The Hall–Kier alpha value is -3.81. The number of amides is 1. The van der Waals surface area contributed by atoms with Gasteiger partial charge < -0.3 is 10.6 Å². The van der Waals surface area contributed by atoms with Gasteiger partial charge in [-0.05, 0) is 43.2 Å². The van der Waals surface area contributed by atoms with Crippen LogP contribution in [0.5, 0.6) is 0 Å². The van der Waals surface area contributed by atoms with Crippen molar-refractivity contribution in [3.05, 3.63) is 76.0 Å². The lowest BCUT2D eigenvalue weighted by Gasteiger charge is -2.09. The van der Waals surface area contributed by atoms with Gasteiger partial charge in [-0.15, -0.1) is 0 Å². The zero-order valence-electron chi connectivity index (χ0n) is 16.2. The molecule has 3 N–H and O–H groups in total. The third-order valence-corrected chi connectivity index (χ3v) is 4.58. The summed E-state index contributed by atoms with van der Waals surface area (Å²) < 4.78 is 1.53. The predicted molar refractivity (Wildman–Crippen MR) is 110 cm³/mol. The van der Waals surface area contributed by atoms with Gasteiger partial charge in [-0.1, -0.05) is 11.1 Å². The molecule has 0 atom stereocenters. The summed E-state index contributed by atoms with van der Waals surface area (Å²) in [6, 6.07) is 9.04. The number of pyridine rings is 3. The summed E-state index contributed by atoms with van der Waals surface area (Å²) >= 11 is 0. The molecule has 146 valence electrons. The molecule has 4 aromatic rings. The van der Waals surface area contributed by atoms with Gasteiger partial charge in [-0.25, -0.2) is 9.78 Å². The van der Waals surface area contributed by atoms with E-state index >= 15 is 0 Å². The van der Waals surface area contributed by atoms with E-state index in [1.54, 1.807) is 24.7 Å². The van der Waals surface area contributed by atoms with Crippen LogP contribution in [0.1, 0.15) is 28.4 Å². The summed E-state index contributed by atoms with van der Waals surface area (Å²) in [5.41, 5.74) is 3.00. The minimum Gasteiger partial charge on any atom is -0.356 e. The van der Waals surface area contributed by atoms with Crippen molar-refractivity contribution in [3.63, 3.8) is 0 Å². The van der Waals surface area contributed by atoms with Crippen molar-refractivity contribution in [1.82, 2.24) is 19.7 Å². The lowest BCUT2D eigenvalue weighted by Crippen LogP contribution is -2.28. The first-order valence-electron chi connectivity index (χ1n) is 9.37. The Kier molecular flexibility index (Phi) is 4.90. The maximum Gasteiger partial charge on any atom is 0.325 e. The maximum absolute atomic E-state index is 13.0. The van der Waals surface area contributed by atoms with Crippen molar-refractivity contribution in [2.45, 2.75) is 20.4 Å². The van der Waals surface area contributed by atoms with Gasteiger partial charge in [-0.2, -0.15) is 4.40 Å². The maximum atomic E-state index is 13.0. The zero-order valence-corrected chi connectivity index (χ0v) is 16.2. The number of aromatic amines is 1. The molecular weight excluding hydrogens is 368 g/mol. The Balaban J connectivity index is 1.80. The monoisotopic (exact) mass is 389 g/mol. The summed E-state index contributed by atoms with van der Waals surface area (Å²) in [7, 11) is 0. The smallest absolute Gasteiger partial charge is 0.325 e. The topological polar surface area (TPSA) is 103 Å². The largest absolute Gasteiger partial charge is 0.356 e. The fourth-order valence-electron chi connectivity index (χ4n) is 3.16. The highest BCUT2D eigenvalue weighted by molar-refractivity contribution is 6.01. The number of fused-ring (bicyclic) bond motifs is 2. The van der Waals surface area contributed by atoms with Gasteiger partial charge >= 0.3 is 5.56 Å². The van der Waals surface area contributed by atoms with E-state index in [0.29, 0.717) is 41.2 Å². The summed E-state index contributed by atoms with van der Waals surface area (Å²) in [6.07, 6.45) is 5.13. The minimum atomic E-state index is -0.312. The third-order valence-electron chi connectivity index (χ3n) is 4.58. The van der Waals surface area contributed by atoms with Gasteiger partial charge in [0.1, 0.15) is 10.9 Å². The number of rotatable bonds is 5. The van der Waals surface area contributed by atoms with Crippen molar-refractivity contribution >= 4 is 28.4 Å². The number of aromatic nitrogens is 4. The van der Waals surface area contributed by atoms with Crippen molar-refractivity contribution < 1.29 is 9.78 Å². The van der Waals surface area contributed by atoms with Gasteiger partial charge in [0.25, 0.3) is 11.6 Å². The van der Waals surface area contributed by atoms with Crippen LogP contribution in [-0.4, -0.2) is 26.8 Å². The first kappa shape index (κ1) is 18.5. The molecule has 0 radical (unpaired) electrons. The van der Waals surface area contributed by atoms with Gasteiger partial charge in [0.05, 0.1) is 6.20 Å². The van der Waals surface area contributed by atoms with Gasteiger partial charge in [0.2, 0.25) is 11.5 Å². The minimum absolute atomic E-state index is 0.227. The van der Waals surface area contributed by atoms with E-state index in [4.69, 9.17) is 0 Å². The number of aryl methyl sites for hydroxylation is 1. The van der Waals surface area contributed by atoms with E-state index in [9.17, 15) is 9.59 Å². The first-order chi connectivity index (χ1) is 14.1. The summed E-state index contributed by atoms with van der Waals surface area (Å²) in [4.78, 5) is 37.6. The molecule has 0 saturated heterocycles. The summed E-state index contributed by atoms with van der Waals surface area (Å²) in [5, 5.41) is 6.33. The summed E-state index contributed by atoms with van der Waals surface area (Å²) in [6.45, 7) is 4.76. The van der Waals surface area contributed by atoms with Crippen LogP contribution in [0.3, 0.4) is 0 Å². The molecule has 0 aliphatic heterocycles. The van der Waals surface area contributed by atoms with Crippen LogP contribution in [-0.2, 0) is 6.54 Å². The van der Waals surface area contributed by atoms with E-state index in [-0.39, 0.29) is 11.5 Å². The van der Waals surface area contributed by atoms with Crippen LogP contribution in [0.25, 0.3) is 16.7 Å². The number of hydrogen-bond donors (Lipinski definition) is 2. The standard InChI is InChI=1S/C21H20N6O2/c1-3-23-18-15(20(28)24-11-14-5-4-8-22-10-14)9-16-19(26-18)25-17-7-6-13(2)12-27(17)21(16)29/h4-10,12H,3,11H2,1-2H3,(H,23,26)(H,24,28)/p+1. The van der Waals surface area contributed by atoms with E-state index in [0.717, 1.165) is 11.1 Å². The second-order valence-electron chi connectivity index (χ2n) is 6.75. The molecule has 0 aliphatic rings. The summed E-state index contributed by atoms with van der Waals surface area (Å²) in [5.74, 6) is 0.115. The lowest BCUT2D eigenvalue weighted by atomic mass is 10.1. The number of carbonyl (C=O) groups excluding carboxylic acids is 1. The van der Waals surface area contributed by atoms with E-state index in [1.165, 1.54) is 4.40 Å². The quantitative estimate of drug-likeness (QED) is 0.506. The van der Waals surface area contributed by atoms with Crippen molar-refractivity contribution in [2.24, 2.45) is 0 Å². The molecule has 0 fully saturated rings. The van der Waals surface area contributed by atoms with Crippen molar-refractivity contribution in [3.8, 4) is 0 Å². The Morgan fingerprint density at radius 3 is 2.90 bits per heavy atom. The van der Waals surface area contributed by atoms with Crippen LogP contribution in [0, 0.1) is 6.92 Å². The first-order valence-corrected chi connectivity index (χ1v) is 9.37. The second kappa shape index (κ2) is 7.67. The highest BCUT2D eigenvalue weighted by Gasteiger charge is 2.21. The Morgan fingerprint density at radius 1 is 1.28 bits per heavy atom. The van der Waals surface area contributed by atoms with E-state index in [2.05, 4.69) is 25.6 Å². The number of nitrogens with zero attached hydrogens (tertiary/aromatic N) is 3. The number of hydrogen-bond acceptors (Lipinski definition) is 5. The molecule has 0 aromatic carbocycles. The Morgan fingerprint density at radius 2 is 2.14 bits per heavy atom. The van der Waals surface area contributed by atoms with Gasteiger partial charge in [-0.3, -0.25) is 9.78 Å². The fraction of sp³-hybridized carbons (Fsp3) is 0.190. The number of H-pyrrole nitrogens is 1. The molecule has 8 nitrogen and oxygen atoms in total. The molecule has 0 spiro atoms. The molecule has 0 saturated carbocycles. The van der Waals surface area contributed by atoms with Crippen LogP contribution in [0.15, 0.2) is 53.7 Å². The predicted octanol–water partition coefficient (Wildman–Crippen LogP) is 1.73. The average molecular weight is 389 g/mol. The third kappa shape index (κ3) is 3.64. The van der Waals surface area contributed by atoms with Crippen molar-refractivity contribution in [2.75, 3.05) is 11.9 Å².